The van der Waals surface area contributed by atoms with E-state index in [0.717, 1.165) is 5.82 Å². The molecule has 0 aliphatic carbocycles. The van der Waals surface area contributed by atoms with Gasteiger partial charge in [0, 0.05) is 12.7 Å². The monoisotopic (exact) mass is 287 g/mol. The number of aromatic nitrogens is 3. The molecule has 6 nitrogen and oxygen atoms in total. The van der Waals surface area contributed by atoms with Gasteiger partial charge in [-0.2, -0.15) is 5.26 Å². The first-order valence-corrected chi connectivity index (χ1v) is 6.87. The van der Waals surface area contributed by atoms with Crippen molar-refractivity contribution in [3.05, 3.63) is 35.7 Å². The Morgan fingerprint density at radius 1 is 1.50 bits per heavy atom. The highest BCUT2D eigenvalue weighted by Crippen LogP contribution is 2.16. The number of carbonyl (C=O) groups excluding carboxylic acids is 1. The molecule has 1 N–H and O–H groups in total. The highest BCUT2D eigenvalue weighted by Gasteiger charge is 2.09. The minimum Gasteiger partial charge on any atom is -0.325 e. The van der Waals surface area contributed by atoms with E-state index in [0.29, 0.717) is 16.4 Å². The number of rotatable bonds is 4. The van der Waals surface area contributed by atoms with Crippen molar-refractivity contribution in [2.24, 2.45) is 7.05 Å². The van der Waals surface area contributed by atoms with Crippen molar-refractivity contribution in [2.75, 3.05) is 11.1 Å². The van der Waals surface area contributed by atoms with Crippen molar-refractivity contribution < 1.29 is 4.79 Å². The number of hydrogen-bond donors (Lipinski definition) is 1. The number of thioether (sulfide) groups is 1. The Morgan fingerprint density at radius 2 is 2.30 bits per heavy atom. The Morgan fingerprint density at radius 3 is 2.95 bits per heavy atom. The van der Waals surface area contributed by atoms with Crippen LogP contribution in [0.4, 0.5) is 5.69 Å². The lowest BCUT2D eigenvalue weighted by molar-refractivity contribution is -0.113. The van der Waals surface area contributed by atoms with Gasteiger partial charge in [-0.3, -0.25) is 4.79 Å². The Bertz CT molecular complexity index is 674. The van der Waals surface area contributed by atoms with Crippen LogP contribution < -0.4 is 5.32 Å². The van der Waals surface area contributed by atoms with E-state index < -0.39 is 0 Å². The number of nitrogens with one attached hydrogen (secondary N) is 1. The number of carbonyl (C=O) groups is 1. The van der Waals surface area contributed by atoms with E-state index in [1.54, 1.807) is 24.3 Å². The first kappa shape index (κ1) is 14.1. The number of amides is 1. The van der Waals surface area contributed by atoms with E-state index in [2.05, 4.69) is 15.5 Å². The number of nitriles is 1. The minimum absolute atomic E-state index is 0.147. The zero-order valence-corrected chi connectivity index (χ0v) is 11.9. The maximum atomic E-state index is 11.8. The minimum atomic E-state index is -0.147. The summed E-state index contributed by atoms with van der Waals surface area (Å²) in [5, 5.41) is 20.1. The molecular formula is C13H13N5OS. The van der Waals surface area contributed by atoms with Crippen molar-refractivity contribution in [2.45, 2.75) is 12.1 Å². The van der Waals surface area contributed by atoms with Crippen LogP contribution in [0.5, 0.6) is 0 Å². The van der Waals surface area contributed by atoms with Gasteiger partial charge in [-0.1, -0.05) is 17.8 Å². The van der Waals surface area contributed by atoms with Crippen LogP contribution in [0, 0.1) is 18.3 Å². The molecule has 2 rings (SSSR count). The van der Waals surface area contributed by atoms with Crippen LogP contribution in [0.2, 0.25) is 0 Å². The molecule has 1 amide bonds. The van der Waals surface area contributed by atoms with Crippen LogP contribution in [-0.4, -0.2) is 26.4 Å². The van der Waals surface area contributed by atoms with Crippen molar-refractivity contribution in [1.29, 1.82) is 5.26 Å². The average molecular weight is 287 g/mol. The van der Waals surface area contributed by atoms with Crippen LogP contribution in [0.25, 0.3) is 0 Å². The lowest BCUT2D eigenvalue weighted by Crippen LogP contribution is -2.14. The van der Waals surface area contributed by atoms with Gasteiger partial charge in [0.15, 0.2) is 5.16 Å². The number of anilines is 1. The third-order valence-corrected chi connectivity index (χ3v) is 3.68. The molecule has 7 heteroatoms. The van der Waals surface area contributed by atoms with E-state index in [1.165, 1.54) is 11.8 Å². The molecular weight excluding hydrogens is 274 g/mol. The van der Waals surface area contributed by atoms with Gasteiger partial charge in [-0.25, -0.2) is 0 Å². The van der Waals surface area contributed by atoms with Gasteiger partial charge in [-0.05, 0) is 25.1 Å². The van der Waals surface area contributed by atoms with Crippen molar-refractivity contribution >= 4 is 23.4 Å². The smallest absolute Gasteiger partial charge is 0.234 e. The van der Waals surface area contributed by atoms with Gasteiger partial charge in [0.1, 0.15) is 5.82 Å². The van der Waals surface area contributed by atoms with E-state index in [1.807, 2.05) is 24.6 Å². The summed E-state index contributed by atoms with van der Waals surface area (Å²) in [5.41, 5.74) is 1.13. The molecule has 1 aromatic heterocycles. The maximum absolute atomic E-state index is 11.8. The van der Waals surface area contributed by atoms with Crippen LogP contribution in [0.15, 0.2) is 29.4 Å². The van der Waals surface area contributed by atoms with E-state index in [4.69, 9.17) is 5.26 Å². The molecule has 0 spiro atoms. The summed E-state index contributed by atoms with van der Waals surface area (Å²) >= 11 is 1.32. The van der Waals surface area contributed by atoms with Gasteiger partial charge >= 0.3 is 0 Å². The van der Waals surface area contributed by atoms with E-state index in [-0.39, 0.29) is 11.7 Å². The Kier molecular flexibility index (Phi) is 4.38. The molecule has 0 radical (unpaired) electrons. The normalized spacial score (nSPS) is 10.1. The van der Waals surface area contributed by atoms with Gasteiger partial charge in [0.2, 0.25) is 5.91 Å². The average Bonchev–Trinajstić information content (AvgIpc) is 2.77. The van der Waals surface area contributed by atoms with Crippen molar-refractivity contribution in [1.82, 2.24) is 14.8 Å². The number of hydrogen-bond acceptors (Lipinski definition) is 5. The topological polar surface area (TPSA) is 83.6 Å². The second kappa shape index (κ2) is 6.21. The molecule has 1 heterocycles. The fraction of sp³-hybridized carbons (Fsp3) is 0.231. The fourth-order valence-electron chi connectivity index (χ4n) is 1.51. The summed E-state index contributed by atoms with van der Waals surface area (Å²) in [5.74, 6) is 0.892. The molecule has 0 unspecified atom stereocenters. The lowest BCUT2D eigenvalue weighted by Gasteiger charge is -2.05. The fourth-order valence-corrected chi connectivity index (χ4v) is 2.26. The summed E-state index contributed by atoms with van der Waals surface area (Å²) < 4.78 is 1.83. The molecule has 0 aliphatic heterocycles. The standard InChI is InChI=1S/C13H13N5OS/c1-9-16-17-13(18(9)2)20-8-12(19)15-11-5-3-4-10(6-11)7-14/h3-6H,8H2,1-2H3,(H,15,19). The zero-order chi connectivity index (χ0) is 14.5. The largest absolute Gasteiger partial charge is 0.325 e. The maximum Gasteiger partial charge on any atom is 0.234 e. The van der Waals surface area contributed by atoms with E-state index in [9.17, 15) is 4.79 Å². The van der Waals surface area contributed by atoms with Gasteiger partial charge < -0.3 is 9.88 Å². The van der Waals surface area contributed by atoms with Crippen LogP contribution in [-0.2, 0) is 11.8 Å². The quantitative estimate of drug-likeness (QED) is 0.866. The Labute approximate surface area is 120 Å². The van der Waals surface area contributed by atoms with Crippen LogP contribution in [0.3, 0.4) is 0 Å². The van der Waals surface area contributed by atoms with Crippen LogP contribution in [0.1, 0.15) is 11.4 Å². The third kappa shape index (κ3) is 3.36. The van der Waals surface area contributed by atoms with Crippen molar-refractivity contribution in [3.63, 3.8) is 0 Å². The highest BCUT2D eigenvalue weighted by molar-refractivity contribution is 7.99. The second-order valence-electron chi connectivity index (χ2n) is 4.12. The molecule has 0 saturated heterocycles. The SMILES string of the molecule is Cc1nnc(SCC(=O)Nc2cccc(C#N)c2)n1C. The zero-order valence-electron chi connectivity index (χ0n) is 11.1. The molecule has 20 heavy (non-hydrogen) atoms. The summed E-state index contributed by atoms with van der Waals surface area (Å²) in [6.07, 6.45) is 0. The summed E-state index contributed by atoms with van der Waals surface area (Å²) in [4.78, 5) is 11.8. The predicted octanol–water partition coefficient (Wildman–Crippen LogP) is 1.73. The Hall–Kier alpha value is -2.33. The molecule has 0 aliphatic rings. The number of benzene rings is 1. The second-order valence-corrected chi connectivity index (χ2v) is 5.06. The van der Waals surface area contributed by atoms with E-state index >= 15 is 0 Å². The summed E-state index contributed by atoms with van der Waals surface area (Å²) in [6, 6.07) is 8.83. The molecule has 0 fully saturated rings. The van der Waals surface area contributed by atoms with Gasteiger partial charge in [-0.15, -0.1) is 10.2 Å². The lowest BCUT2D eigenvalue weighted by atomic mass is 10.2. The van der Waals surface area contributed by atoms with Gasteiger partial charge in [0.05, 0.1) is 17.4 Å². The Balaban J connectivity index is 1.93. The molecule has 2 aromatic rings. The summed E-state index contributed by atoms with van der Waals surface area (Å²) in [7, 11) is 1.85. The first-order chi connectivity index (χ1) is 9.60. The first-order valence-electron chi connectivity index (χ1n) is 5.89. The molecule has 0 bridgehead atoms. The molecule has 102 valence electrons. The number of aryl methyl sites for hydroxylation is 1. The third-order valence-electron chi connectivity index (χ3n) is 2.66. The summed E-state index contributed by atoms with van der Waals surface area (Å²) in [6.45, 7) is 1.85. The van der Waals surface area contributed by atoms with Crippen LogP contribution >= 0.6 is 11.8 Å². The molecule has 0 saturated carbocycles. The van der Waals surface area contributed by atoms with Crippen molar-refractivity contribution in [3.8, 4) is 6.07 Å². The number of nitrogens with zero attached hydrogens (tertiary/aromatic N) is 4. The van der Waals surface area contributed by atoms with Gasteiger partial charge in [0.25, 0.3) is 0 Å². The predicted molar refractivity (Wildman–Crippen MR) is 76.3 cm³/mol. The highest BCUT2D eigenvalue weighted by atomic mass is 32.2. The molecule has 1 aromatic carbocycles. The molecule has 0 atom stereocenters.